The summed E-state index contributed by atoms with van der Waals surface area (Å²) in [7, 11) is 9.87. The molecule has 0 N–H and O–H groups in total. The molecule has 3 rings (SSSR count). The van der Waals surface area contributed by atoms with Gasteiger partial charge in [0.2, 0.25) is 0 Å². The van der Waals surface area contributed by atoms with E-state index < -0.39 is 20.8 Å². The molecule has 0 heterocycles. The van der Waals surface area contributed by atoms with Gasteiger partial charge in [0.15, 0.2) is 0 Å². The van der Waals surface area contributed by atoms with Crippen molar-refractivity contribution in [3.05, 3.63) is 71.4 Å². The van der Waals surface area contributed by atoms with Crippen molar-refractivity contribution in [3.8, 4) is 11.1 Å². The fourth-order valence-corrected chi connectivity index (χ4v) is 2.27. The number of allylic oxidation sites excluding steroid dienone is 1. The van der Waals surface area contributed by atoms with Gasteiger partial charge in [0.05, 0.1) is 0 Å². The summed E-state index contributed by atoms with van der Waals surface area (Å²) in [6.07, 6.45) is 4.34. The Labute approximate surface area is 137 Å². The van der Waals surface area contributed by atoms with Gasteiger partial charge in [0.1, 0.15) is 5.82 Å². The number of hydrogen-bond acceptors (Lipinski definition) is 0. The van der Waals surface area contributed by atoms with Gasteiger partial charge in [-0.25, -0.2) is 4.39 Å². The Kier molecular flexibility index (Phi) is 6.02. The van der Waals surface area contributed by atoms with Crippen LogP contribution in [0.4, 0.5) is 4.39 Å². The van der Waals surface area contributed by atoms with Crippen molar-refractivity contribution in [1.82, 2.24) is 0 Å². The number of halogens is 3. The maximum absolute atomic E-state index is 12.9. The molecule has 0 nitrogen and oxygen atoms in total. The molecule has 0 unspecified atom stereocenters. The maximum atomic E-state index is 12.9. The molecule has 101 valence electrons. The minimum absolute atomic E-state index is 0.195. The van der Waals surface area contributed by atoms with E-state index in [4.69, 9.17) is 17.0 Å². The molecule has 1 aliphatic carbocycles. The Morgan fingerprint density at radius 2 is 1.65 bits per heavy atom. The summed E-state index contributed by atoms with van der Waals surface area (Å²) >= 11 is -0.826. The van der Waals surface area contributed by atoms with E-state index in [0.717, 1.165) is 11.1 Å². The summed E-state index contributed by atoms with van der Waals surface area (Å²) in [5, 5.41) is 0. The molecule has 0 bridgehead atoms. The third kappa shape index (κ3) is 3.81. The normalized spacial score (nSPS) is 12.1. The van der Waals surface area contributed by atoms with E-state index in [1.54, 1.807) is 0 Å². The van der Waals surface area contributed by atoms with Crippen molar-refractivity contribution in [2.24, 2.45) is 0 Å². The molecule has 4 heteroatoms. The topological polar surface area (TPSA) is 0 Å². The average molecular weight is 385 g/mol. The molecule has 2 aromatic rings. The Morgan fingerprint density at radius 3 is 2.30 bits per heavy atom. The second-order valence-electron chi connectivity index (χ2n) is 4.42. The zero-order chi connectivity index (χ0) is 14.5. The Bertz CT molecular complexity index is 621. The standard InChI is InChI=1S/C16H12F.2ClH.Zr/c1-11-9-13-3-2-4-15(16(13)10-11)12-5-7-14(17)8-6-12;;;/h2-10H,1H3;2*1H;/q;;;+2/p-2. The molecule has 1 radical (unpaired) electrons. The van der Waals surface area contributed by atoms with Crippen molar-refractivity contribution in [2.45, 2.75) is 6.92 Å². The molecule has 0 aromatic heterocycles. The predicted octanol–water partition coefficient (Wildman–Crippen LogP) is 5.84. The zero-order valence-corrected chi connectivity index (χ0v) is 14.8. The first-order chi connectivity index (χ1) is 9.65. The third-order valence-electron chi connectivity index (χ3n) is 3.05. The first kappa shape index (κ1) is 16.0. The van der Waals surface area contributed by atoms with Crippen LogP contribution in [0.1, 0.15) is 18.1 Å². The molecule has 0 spiro atoms. The number of fused-ring (bicyclic) bond motifs is 1. The summed E-state index contributed by atoms with van der Waals surface area (Å²) < 4.78 is 12.9. The van der Waals surface area contributed by atoms with Gasteiger partial charge in [0, 0.05) is 6.42 Å². The molecule has 0 atom stereocenters. The van der Waals surface area contributed by atoms with Gasteiger partial charge in [-0.3, -0.25) is 0 Å². The van der Waals surface area contributed by atoms with Crippen LogP contribution >= 0.6 is 17.0 Å². The van der Waals surface area contributed by atoms with Crippen LogP contribution in [0.2, 0.25) is 0 Å². The summed E-state index contributed by atoms with van der Waals surface area (Å²) in [6.45, 7) is 2.09. The van der Waals surface area contributed by atoms with E-state index in [1.807, 2.05) is 18.2 Å². The molecule has 1 aliphatic rings. The van der Waals surface area contributed by atoms with Crippen LogP contribution in [-0.2, 0) is 20.8 Å². The van der Waals surface area contributed by atoms with Gasteiger partial charge in [-0.2, -0.15) is 0 Å². The van der Waals surface area contributed by atoms with Gasteiger partial charge in [-0.1, -0.05) is 42.0 Å². The third-order valence-corrected chi connectivity index (χ3v) is 3.05. The fraction of sp³-hybridized carbons (Fsp3) is 0.0625. The number of benzene rings is 2. The second kappa shape index (κ2) is 7.54. The average Bonchev–Trinajstić information content (AvgIpc) is 2.80. The molecule has 0 saturated carbocycles. The van der Waals surface area contributed by atoms with E-state index >= 15 is 0 Å². The second-order valence-corrected chi connectivity index (χ2v) is 8.15. The van der Waals surface area contributed by atoms with Gasteiger partial charge in [-0.05, 0) is 41.3 Å². The van der Waals surface area contributed by atoms with Crippen LogP contribution < -0.4 is 0 Å². The Balaban J connectivity index is 0.000000452. The van der Waals surface area contributed by atoms with E-state index in [0.29, 0.717) is 0 Å². The minimum atomic E-state index is -0.826. The number of rotatable bonds is 1. The quantitative estimate of drug-likeness (QED) is 0.579. The van der Waals surface area contributed by atoms with E-state index in [9.17, 15) is 4.39 Å². The van der Waals surface area contributed by atoms with Crippen molar-refractivity contribution in [3.63, 3.8) is 0 Å². The monoisotopic (exact) mass is 383 g/mol. The summed E-state index contributed by atoms with van der Waals surface area (Å²) in [4.78, 5) is 0. The molecule has 0 saturated heterocycles. The van der Waals surface area contributed by atoms with E-state index in [2.05, 4.69) is 31.6 Å². The Hall–Kier alpha value is -0.427. The molecule has 0 fully saturated rings. The zero-order valence-electron chi connectivity index (χ0n) is 10.8. The summed E-state index contributed by atoms with van der Waals surface area (Å²) in [5.41, 5.74) is 5.95. The van der Waals surface area contributed by atoms with Crippen LogP contribution in [0, 0.1) is 12.2 Å². The van der Waals surface area contributed by atoms with Gasteiger partial charge in [-0.15, -0.1) is 0 Å². The first-order valence-electron chi connectivity index (χ1n) is 6.04. The molecule has 20 heavy (non-hydrogen) atoms. The van der Waals surface area contributed by atoms with Crippen molar-refractivity contribution in [1.29, 1.82) is 0 Å². The number of hydrogen-bond donors (Lipinski definition) is 0. The van der Waals surface area contributed by atoms with Crippen LogP contribution in [0.15, 0.2) is 48.0 Å². The van der Waals surface area contributed by atoms with Gasteiger partial charge < -0.3 is 0 Å². The van der Waals surface area contributed by atoms with E-state index in [1.165, 1.54) is 28.8 Å². The Morgan fingerprint density at radius 1 is 1.00 bits per heavy atom. The van der Waals surface area contributed by atoms with Crippen LogP contribution in [0.25, 0.3) is 17.2 Å². The van der Waals surface area contributed by atoms with Gasteiger partial charge in [0.25, 0.3) is 0 Å². The molecule has 2 aromatic carbocycles. The first-order valence-corrected chi connectivity index (χ1v) is 12.4. The fourth-order valence-electron chi connectivity index (χ4n) is 2.27. The molecule has 0 aliphatic heterocycles. The summed E-state index contributed by atoms with van der Waals surface area (Å²) in [6, 6.07) is 12.9. The molecule has 0 amide bonds. The molecular weight excluding hydrogens is 373 g/mol. The van der Waals surface area contributed by atoms with E-state index in [-0.39, 0.29) is 5.82 Å². The SMILES string of the molecule is CC1=Cc2c(cccc2-c2ccc(F)cc2)[CH]1.[Cl][Zr][Cl]. The summed E-state index contributed by atoms with van der Waals surface area (Å²) in [5.74, 6) is -0.195. The van der Waals surface area contributed by atoms with Crippen molar-refractivity contribution < 1.29 is 25.2 Å². The molecular formula is C16H12Cl2FZr. The van der Waals surface area contributed by atoms with Crippen molar-refractivity contribution >= 4 is 23.1 Å². The van der Waals surface area contributed by atoms with Gasteiger partial charge >= 0.3 is 37.9 Å². The van der Waals surface area contributed by atoms with Crippen LogP contribution in [0.5, 0.6) is 0 Å². The van der Waals surface area contributed by atoms with Crippen LogP contribution in [-0.4, -0.2) is 0 Å². The van der Waals surface area contributed by atoms with Crippen molar-refractivity contribution in [2.75, 3.05) is 0 Å². The van der Waals surface area contributed by atoms with Crippen LogP contribution in [0.3, 0.4) is 0 Å². The predicted molar refractivity (Wildman–Crippen MR) is 80.6 cm³/mol.